The van der Waals surface area contributed by atoms with Gasteiger partial charge in [-0.2, -0.15) is 0 Å². The van der Waals surface area contributed by atoms with Crippen molar-refractivity contribution in [2.75, 3.05) is 13.4 Å². The van der Waals surface area contributed by atoms with Gasteiger partial charge >= 0.3 is 29.9 Å². The number of carbonyl (C=O) groups is 1. The Labute approximate surface area is 75.7 Å². The second-order valence-electron chi connectivity index (χ2n) is 0.923. The molecule has 0 N–H and O–H groups in total. The molecule has 0 unspecified atom stereocenters. The number of methoxy groups -OCH3 is 1. The average molecular weight is 253 g/mol. The van der Waals surface area contributed by atoms with E-state index >= 15 is 0 Å². The molecule has 0 fully saturated rings. The van der Waals surface area contributed by atoms with Gasteiger partial charge in [0.25, 0.3) is 0 Å². The molecule has 9 heavy (non-hydrogen) atoms. The quantitative estimate of drug-likeness (QED) is 0.315. The van der Waals surface area contributed by atoms with Gasteiger partial charge in [0.15, 0.2) is 0 Å². The molecule has 0 heterocycles. The van der Waals surface area contributed by atoms with E-state index in [0.29, 0.717) is 0 Å². The van der Waals surface area contributed by atoms with Crippen molar-refractivity contribution in [1.82, 2.24) is 0 Å². The molecule has 0 aromatic carbocycles. The zero-order valence-corrected chi connectivity index (χ0v) is 5.54. The Morgan fingerprint density at radius 3 is 2.56 bits per heavy atom. The van der Waals surface area contributed by atoms with E-state index in [-0.39, 0.29) is 23.9 Å². The summed E-state index contributed by atoms with van der Waals surface area (Å²) in [4.78, 5) is 10.2. The summed E-state index contributed by atoms with van der Waals surface area (Å²) in [5.74, 6) is 1.75. The molecular formula is C5H10O2SSn. The fourth-order valence-electron chi connectivity index (χ4n) is 0.144. The molecule has 0 saturated heterocycles. The standard InChI is InChI=1S/C5H6O2S.Sn.4H/c1-7-5(6)3-4-8-2;;;;;/h1-2H3;;;;;. The fourth-order valence-corrected chi connectivity index (χ4v) is 0.329. The van der Waals surface area contributed by atoms with E-state index in [1.54, 1.807) is 6.26 Å². The molecule has 2 nitrogen and oxygen atoms in total. The molecular weight excluding hydrogens is 243 g/mol. The Kier molecular flexibility index (Phi) is 10.8. The van der Waals surface area contributed by atoms with Crippen LogP contribution >= 0.6 is 11.8 Å². The molecule has 0 saturated carbocycles. The number of hydrogen-bond acceptors (Lipinski definition) is 3. The number of ether oxygens (including phenoxy) is 1. The zero-order chi connectivity index (χ0) is 6.41. The number of hydrogen-bond donors (Lipinski definition) is 0. The number of rotatable bonds is 0. The minimum absolute atomic E-state index is 0. The van der Waals surface area contributed by atoms with Crippen LogP contribution in [-0.4, -0.2) is 43.2 Å². The third-order valence-electron chi connectivity index (χ3n) is 0.441. The van der Waals surface area contributed by atoms with Gasteiger partial charge in [0, 0.05) is 5.92 Å². The van der Waals surface area contributed by atoms with E-state index < -0.39 is 5.97 Å². The van der Waals surface area contributed by atoms with Crippen molar-refractivity contribution in [3.63, 3.8) is 0 Å². The number of carbonyl (C=O) groups excluding carboxylic acids is 1. The van der Waals surface area contributed by atoms with Gasteiger partial charge in [0.05, 0.1) is 7.11 Å². The summed E-state index contributed by atoms with van der Waals surface area (Å²) in [7, 11) is 1.30. The van der Waals surface area contributed by atoms with Crippen molar-refractivity contribution in [3.05, 3.63) is 0 Å². The third-order valence-corrected chi connectivity index (χ3v) is 0.747. The van der Waals surface area contributed by atoms with Crippen molar-refractivity contribution in [3.8, 4) is 11.2 Å². The monoisotopic (exact) mass is 254 g/mol. The number of thioether (sulfide) groups is 1. The molecule has 0 spiro atoms. The topological polar surface area (TPSA) is 26.3 Å². The van der Waals surface area contributed by atoms with E-state index in [0.717, 1.165) is 0 Å². The van der Waals surface area contributed by atoms with Crippen molar-refractivity contribution >= 4 is 41.6 Å². The first kappa shape index (κ1) is 11.9. The Morgan fingerprint density at radius 2 is 2.22 bits per heavy atom. The predicted molar refractivity (Wildman–Crippen MR) is 44.6 cm³/mol. The second-order valence-corrected chi connectivity index (χ2v) is 1.54. The van der Waals surface area contributed by atoms with Gasteiger partial charge in [-0.1, -0.05) is 11.8 Å². The molecule has 0 bridgehead atoms. The average Bonchev–Trinajstić information content (AvgIpc) is 1.83. The van der Waals surface area contributed by atoms with Gasteiger partial charge in [-0.3, -0.25) is 0 Å². The van der Waals surface area contributed by atoms with Gasteiger partial charge in [-0.05, 0) is 11.5 Å². The van der Waals surface area contributed by atoms with E-state index in [9.17, 15) is 4.79 Å². The van der Waals surface area contributed by atoms with E-state index in [1.165, 1.54) is 18.9 Å². The Bertz CT molecular complexity index is 136. The summed E-state index contributed by atoms with van der Waals surface area (Å²) < 4.78 is 4.23. The summed E-state index contributed by atoms with van der Waals surface area (Å²) >= 11 is 1.28. The molecule has 0 aliphatic heterocycles. The van der Waals surface area contributed by atoms with Crippen LogP contribution in [0.5, 0.6) is 0 Å². The van der Waals surface area contributed by atoms with E-state index in [2.05, 4.69) is 15.9 Å². The van der Waals surface area contributed by atoms with Gasteiger partial charge in [0.2, 0.25) is 0 Å². The van der Waals surface area contributed by atoms with Gasteiger partial charge in [-0.25, -0.2) is 4.79 Å². The molecule has 0 aromatic heterocycles. The molecule has 0 amide bonds. The van der Waals surface area contributed by atoms with Gasteiger partial charge in [-0.15, -0.1) is 0 Å². The molecule has 0 radical (unpaired) electrons. The van der Waals surface area contributed by atoms with Crippen molar-refractivity contribution in [2.45, 2.75) is 0 Å². The maximum absolute atomic E-state index is 10.2. The normalized spacial score (nSPS) is 6.00. The molecule has 0 atom stereocenters. The van der Waals surface area contributed by atoms with Gasteiger partial charge in [0.1, 0.15) is 0 Å². The molecule has 0 aliphatic carbocycles. The van der Waals surface area contributed by atoms with Crippen LogP contribution in [-0.2, 0) is 9.53 Å². The zero-order valence-electron chi connectivity index (χ0n) is 4.72. The first-order chi connectivity index (χ1) is 3.81. The summed E-state index contributed by atoms with van der Waals surface area (Å²) in [6.07, 6.45) is 1.79. The van der Waals surface area contributed by atoms with Crippen molar-refractivity contribution < 1.29 is 9.53 Å². The Balaban J connectivity index is 0. The Morgan fingerprint density at radius 1 is 1.67 bits per heavy atom. The third kappa shape index (κ3) is 8.18. The molecule has 52 valence electrons. The van der Waals surface area contributed by atoms with Crippen LogP contribution in [0.4, 0.5) is 0 Å². The van der Waals surface area contributed by atoms with Crippen molar-refractivity contribution in [2.24, 2.45) is 0 Å². The molecule has 0 aliphatic rings. The molecule has 0 rings (SSSR count). The van der Waals surface area contributed by atoms with Crippen LogP contribution in [0.15, 0.2) is 0 Å². The Hall–Kier alpha value is 0.179. The summed E-state index contributed by atoms with van der Waals surface area (Å²) in [5, 5.41) is 2.49. The van der Waals surface area contributed by atoms with Crippen LogP contribution in [0.1, 0.15) is 0 Å². The van der Waals surface area contributed by atoms with Gasteiger partial charge < -0.3 is 4.74 Å². The van der Waals surface area contributed by atoms with Crippen LogP contribution < -0.4 is 0 Å². The number of esters is 1. The maximum atomic E-state index is 10.2. The minimum atomic E-state index is -0.487. The first-order valence-corrected chi connectivity index (χ1v) is 3.15. The first-order valence-electron chi connectivity index (χ1n) is 1.93. The fraction of sp³-hybridized carbons (Fsp3) is 0.400. The van der Waals surface area contributed by atoms with Crippen LogP contribution in [0.2, 0.25) is 0 Å². The molecule has 4 heteroatoms. The summed E-state index contributed by atoms with van der Waals surface area (Å²) in [6.45, 7) is 0. The van der Waals surface area contributed by atoms with Crippen molar-refractivity contribution in [1.29, 1.82) is 0 Å². The summed E-state index contributed by atoms with van der Waals surface area (Å²) in [5.41, 5.74) is 0. The van der Waals surface area contributed by atoms with Crippen LogP contribution in [0.3, 0.4) is 0 Å². The van der Waals surface area contributed by atoms with Crippen LogP contribution in [0, 0.1) is 11.2 Å². The SMILES string of the molecule is COC(=O)C#CSC.[SnH4]. The van der Waals surface area contributed by atoms with E-state index in [4.69, 9.17) is 0 Å². The second kappa shape index (κ2) is 8.18. The summed E-state index contributed by atoms with van der Waals surface area (Å²) in [6, 6.07) is 0. The molecule has 0 aromatic rings. The van der Waals surface area contributed by atoms with Crippen LogP contribution in [0.25, 0.3) is 0 Å². The van der Waals surface area contributed by atoms with E-state index in [1.807, 2.05) is 0 Å². The predicted octanol–water partition coefficient (Wildman–Crippen LogP) is -0.968.